The number of nitrogens with zero attached hydrogens (tertiary/aromatic N) is 1. The second-order valence-electron chi connectivity index (χ2n) is 6.68. The molecule has 1 aliphatic heterocycles. The molecule has 0 aromatic heterocycles. The van der Waals surface area contributed by atoms with Gasteiger partial charge in [0.2, 0.25) is 0 Å². The number of methoxy groups -OCH3 is 2. The van der Waals surface area contributed by atoms with Gasteiger partial charge in [0.15, 0.2) is 11.5 Å². The number of ether oxygens (including phenoxy) is 3. The normalized spacial score (nSPS) is 23.0. The highest BCUT2D eigenvalue weighted by molar-refractivity contribution is 5.42. The molecule has 1 saturated heterocycles. The summed E-state index contributed by atoms with van der Waals surface area (Å²) in [4.78, 5) is 2.40. The Morgan fingerprint density at radius 3 is 2.42 bits per heavy atom. The van der Waals surface area contributed by atoms with Gasteiger partial charge < -0.3 is 19.3 Å². The molecule has 136 valence electrons. The van der Waals surface area contributed by atoms with Crippen LogP contribution in [0, 0.1) is 0 Å². The van der Waals surface area contributed by atoms with Crippen molar-refractivity contribution in [1.82, 2.24) is 4.90 Å². The molecular formula is C19H31NO4. The van der Waals surface area contributed by atoms with Gasteiger partial charge in [-0.3, -0.25) is 4.90 Å². The maximum atomic E-state index is 10.3. The van der Waals surface area contributed by atoms with Gasteiger partial charge in [-0.1, -0.05) is 12.5 Å². The van der Waals surface area contributed by atoms with Gasteiger partial charge in [-0.05, 0) is 44.4 Å². The second kappa shape index (κ2) is 9.25. The molecule has 0 bridgehead atoms. The predicted molar refractivity (Wildman–Crippen MR) is 94.7 cm³/mol. The van der Waals surface area contributed by atoms with Gasteiger partial charge in [-0.2, -0.15) is 0 Å². The fourth-order valence-electron chi connectivity index (χ4n) is 3.41. The summed E-state index contributed by atoms with van der Waals surface area (Å²) in [5.74, 6) is 1.39. The monoisotopic (exact) mass is 337 g/mol. The van der Waals surface area contributed by atoms with Crippen LogP contribution in [0.15, 0.2) is 18.2 Å². The number of benzene rings is 1. The molecule has 0 spiro atoms. The van der Waals surface area contributed by atoms with Crippen molar-refractivity contribution in [3.8, 4) is 11.5 Å². The summed E-state index contributed by atoms with van der Waals surface area (Å²) >= 11 is 0. The first kappa shape index (κ1) is 19.0. The van der Waals surface area contributed by atoms with E-state index in [0.29, 0.717) is 43.3 Å². The van der Waals surface area contributed by atoms with Crippen molar-refractivity contribution in [3.63, 3.8) is 0 Å². The molecule has 1 N–H and O–H groups in total. The first-order valence-corrected chi connectivity index (χ1v) is 8.77. The van der Waals surface area contributed by atoms with Crippen LogP contribution in [0.4, 0.5) is 0 Å². The summed E-state index contributed by atoms with van der Waals surface area (Å²) in [5.41, 5.74) is 1.000. The molecule has 0 unspecified atom stereocenters. The lowest BCUT2D eigenvalue weighted by molar-refractivity contribution is -0.0135. The van der Waals surface area contributed by atoms with Crippen LogP contribution < -0.4 is 9.47 Å². The topological polar surface area (TPSA) is 51.2 Å². The third-order valence-electron chi connectivity index (χ3n) is 4.82. The molecule has 5 nitrogen and oxygen atoms in total. The lowest BCUT2D eigenvalue weighted by Gasteiger charge is -2.40. The van der Waals surface area contributed by atoms with Crippen molar-refractivity contribution < 1.29 is 19.3 Å². The summed E-state index contributed by atoms with van der Waals surface area (Å²) in [7, 11) is 3.24. The Kier molecular flexibility index (Phi) is 7.34. The van der Waals surface area contributed by atoms with Crippen molar-refractivity contribution in [3.05, 3.63) is 23.8 Å². The molecule has 1 heterocycles. The maximum absolute atomic E-state index is 10.3. The van der Waals surface area contributed by atoms with Crippen molar-refractivity contribution >= 4 is 0 Å². The van der Waals surface area contributed by atoms with Gasteiger partial charge >= 0.3 is 0 Å². The molecule has 1 aromatic carbocycles. The summed E-state index contributed by atoms with van der Waals surface area (Å²) in [6.45, 7) is 5.95. The van der Waals surface area contributed by atoms with Gasteiger partial charge in [-0.25, -0.2) is 0 Å². The standard InChI is InChI=1S/C19H31NO4/c1-14-6-5-7-15(2)20(14)11-17(21)13-24-12-16-8-9-18(22-3)19(10-16)23-4/h8-10,14-15,17,21H,5-7,11-13H2,1-4H3/t14-,15+,17-/m1/s1. The molecule has 1 aromatic rings. The van der Waals surface area contributed by atoms with Crippen LogP contribution in [-0.2, 0) is 11.3 Å². The van der Waals surface area contributed by atoms with E-state index in [1.807, 2.05) is 18.2 Å². The number of likely N-dealkylation sites (tertiary alicyclic amines) is 1. The van der Waals surface area contributed by atoms with Crippen LogP contribution >= 0.6 is 0 Å². The molecule has 0 saturated carbocycles. The van der Waals surface area contributed by atoms with Gasteiger partial charge in [-0.15, -0.1) is 0 Å². The minimum Gasteiger partial charge on any atom is -0.493 e. The van der Waals surface area contributed by atoms with Crippen LogP contribution in [0.1, 0.15) is 38.7 Å². The van der Waals surface area contributed by atoms with Crippen LogP contribution in [-0.4, -0.2) is 55.6 Å². The third-order valence-corrected chi connectivity index (χ3v) is 4.82. The fraction of sp³-hybridized carbons (Fsp3) is 0.684. The smallest absolute Gasteiger partial charge is 0.161 e. The van der Waals surface area contributed by atoms with E-state index in [-0.39, 0.29) is 0 Å². The minimum absolute atomic E-state index is 0.338. The van der Waals surface area contributed by atoms with Crippen molar-refractivity contribution in [2.75, 3.05) is 27.4 Å². The molecular weight excluding hydrogens is 306 g/mol. The fourth-order valence-corrected chi connectivity index (χ4v) is 3.41. The molecule has 0 aliphatic carbocycles. The zero-order valence-corrected chi connectivity index (χ0v) is 15.3. The Balaban J connectivity index is 1.79. The molecule has 0 amide bonds. The first-order chi connectivity index (χ1) is 11.5. The van der Waals surface area contributed by atoms with E-state index in [2.05, 4.69) is 18.7 Å². The lowest BCUT2D eigenvalue weighted by Crippen LogP contribution is -2.48. The number of rotatable bonds is 8. The zero-order chi connectivity index (χ0) is 17.5. The molecule has 0 radical (unpaired) electrons. The predicted octanol–water partition coefficient (Wildman–Crippen LogP) is 2.84. The van der Waals surface area contributed by atoms with Gasteiger partial charge in [0.25, 0.3) is 0 Å². The van der Waals surface area contributed by atoms with E-state index in [1.165, 1.54) is 19.3 Å². The highest BCUT2D eigenvalue weighted by Crippen LogP contribution is 2.28. The number of aliphatic hydroxyl groups excluding tert-OH is 1. The Bertz CT molecular complexity index is 498. The van der Waals surface area contributed by atoms with Gasteiger partial charge in [0.05, 0.1) is 33.5 Å². The average Bonchev–Trinajstić information content (AvgIpc) is 2.58. The zero-order valence-electron chi connectivity index (χ0n) is 15.3. The molecule has 1 aliphatic rings. The van der Waals surface area contributed by atoms with Crippen LogP contribution in [0.5, 0.6) is 11.5 Å². The van der Waals surface area contributed by atoms with Crippen LogP contribution in [0.3, 0.4) is 0 Å². The molecule has 5 heteroatoms. The average molecular weight is 337 g/mol. The minimum atomic E-state index is -0.465. The lowest BCUT2D eigenvalue weighted by atomic mass is 9.97. The summed E-state index contributed by atoms with van der Waals surface area (Å²) in [6.07, 6.45) is 3.24. The largest absolute Gasteiger partial charge is 0.493 e. The Morgan fingerprint density at radius 2 is 1.79 bits per heavy atom. The molecule has 2 rings (SSSR count). The number of hydrogen-bond donors (Lipinski definition) is 1. The number of β-amino-alcohol motifs (C(OH)–C–C–N with tert-alkyl or cyclic N) is 1. The number of aliphatic hydroxyl groups is 1. The van der Waals surface area contributed by atoms with E-state index in [4.69, 9.17) is 14.2 Å². The Morgan fingerprint density at radius 1 is 1.12 bits per heavy atom. The summed E-state index contributed by atoms with van der Waals surface area (Å²) in [5, 5.41) is 10.3. The first-order valence-electron chi connectivity index (χ1n) is 8.77. The summed E-state index contributed by atoms with van der Waals surface area (Å²) < 4.78 is 16.2. The molecule has 3 atom stereocenters. The quantitative estimate of drug-likeness (QED) is 0.790. The Labute approximate surface area is 145 Å². The van der Waals surface area contributed by atoms with E-state index in [1.54, 1.807) is 14.2 Å². The third kappa shape index (κ3) is 5.10. The van der Waals surface area contributed by atoms with Crippen molar-refractivity contribution in [2.45, 2.75) is 57.9 Å². The maximum Gasteiger partial charge on any atom is 0.161 e. The number of hydrogen-bond acceptors (Lipinski definition) is 5. The SMILES string of the molecule is COc1ccc(COC[C@H](O)CN2[C@H](C)CCC[C@@H]2C)cc1OC. The Hall–Kier alpha value is -1.30. The van der Waals surface area contributed by atoms with Crippen LogP contribution in [0.2, 0.25) is 0 Å². The highest BCUT2D eigenvalue weighted by Gasteiger charge is 2.26. The van der Waals surface area contributed by atoms with Crippen molar-refractivity contribution in [1.29, 1.82) is 0 Å². The number of piperidine rings is 1. The van der Waals surface area contributed by atoms with E-state index < -0.39 is 6.10 Å². The van der Waals surface area contributed by atoms with E-state index >= 15 is 0 Å². The van der Waals surface area contributed by atoms with Gasteiger partial charge in [0.1, 0.15) is 0 Å². The van der Waals surface area contributed by atoms with E-state index in [0.717, 1.165) is 5.56 Å². The van der Waals surface area contributed by atoms with Crippen molar-refractivity contribution in [2.24, 2.45) is 0 Å². The van der Waals surface area contributed by atoms with Crippen LogP contribution in [0.25, 0.3) is 0 Å². The summed E-state index contributed by atoms with van der Waals surface area (Å²) in [6, 6.07) is 6.79. The van der Waals surface area contributed by atoms with E-state index in [9.17, 15) is 5.11 Å². The van der Waals surface area contributed by atoms with Gasteiger partial charge in [0, 0.05) is 18.6 Å². The highest BCUT2D eigenvalue weighted by atomic mass is 16.5. The molecule has 1 fully saturated rings. The molecule has 24 heavy (non-hydrogen) atoms. The second-order valence-corrected chi connectivity index (χ2v) is 6.68.